The zero-order valence-corrected chi connectivity index (χ0v) is 22.8. The van der Waals surface area contributed by atoms with Gasteiger partial charge in [0.15, 0.2) is 0 Å². The lowest BCUT2D eigenvalue weighted by atomic mass is 10.2. The van der Waals surface area contributed by atoms with Crippen LogP contribution in [0.25, 0.3) is 42.8 Å². The van der Waals surface area contributed by atoms with Crippen LogP contribution in [0.5, 0.6) is 0 Å². The van der Waals surface area contributed by atoms with Crippen molar-refractivity contribution in [2.24, 2.45) is 0 Å². The lowest BCUT2D eigenvalue weighted by Crippen LogP contribution is -1.73. The van der Waals surface area contributed by atoms with E-state index in [-0.39, 0.29) is 0 Å². The minimum absolute atomic E-state index is 0.550. The van der Waals surface area contributed by atoms with Gasteiger partial charge in [0.1, 0.15) is 34.0 Å². The van der Waals surface area contributed by atoms with Crippen molar-refractivity contribution in [2.45, 2.75) is 0 Å². The van der Waals surface area contributed by atoms with Crippen LogP contribution in [0.4, 0.5) is 0 Å². The standard InChI is InChI=1S/C28H12N4S5/c29-13-17(23-5-3-21(15-31)35-23)11-19-1-7-25(33-19)27-9-10-28(37-27)26-8-2-20(34-26)12-18(14-30)24-6-4-22(16-32)36-24/h1-12H/b17-11+,18-12+. The maximum atomic E-state index is 9.60. The van der Waals surface area contributed by atoms with Crippen LogP contribution >= 0.6 is 56.7 Å². The molecule has 0 N–H and O–H groups in total. The predicted octanol–water partition coefficient (Wildman–Crippen LogP) is 9.20. The van der Waals surface area contributed by atoms with Crippen LogP contribution in [0.15, 0.2) is 60.7 Å². The summed E-state index contributed by atoms with van der Waals surface area (Å²) in [5.41, 5.74) is 1.10. The summed E-state index contributed by atoms with van der Waals surface area (Å²) in [5.74, 6) is 0. The zero-order chi connectivity index (χ0) is 25.8. The van der Waals surface area contributed by atoms with E-state index >= 15 is 0 Å². The first-order chi connectivity index (χ1) is 18.1. The molecule has 0 fully saturated rings. The first kappa shape index (κ1) is 24.6. The highest BCUT2D eigenvalue weighted by Gasteiger charge is 2.12. The lowest BCUT2D eigenvalue weighted by Gasteiger charge is -1.93. The molecule has 0 unspecified atom stereocenters. The molecule has 174 valence electrons. The second kappa shape index (κ2) is 10.9. The molecule has 0 atom stereocenters. The van der Waals surface area contributed by atoms with Crippen molar-refractivity contribution in [3.63, 3.8) is 0 Å². The second-order valence-electron chi connectivity index (χ2n) is 7.46. The predicted molar refractivity (Wildman–Crippen MR) is 156 cm³/mol. The van der Waals surface area contributed by atoms with E-state index in [0.717, 1.165) is 39.0 Å². The smallest absolute Gasteiger partial charge is 0.110 e. The Kier molecular flexibility index (Phi) is 7.26. The van der Waals surface area contributed by atoms with Gasteiger partial charge in [-0.3, -0.25) is 0 Å². The van der Waals surface area contributed by atoms with Crippen LogP contribution in [0.2, 0.25) is 0 Å². The van der Waals surface area contributed by atoms with Gasteiger partial charge in [-0.15, -0.1) is 56.7 Å². The number of hydrogen-bond donors (Lipinski definition) is 0. The number of nitriles is 4. The molecule has 0 aliphatic heterocycles. The van der Waals surface area contributed by atoms with Crippen LogP contribution in [-0.2, 0) is 0 Å². The molecular weight excluding hydrogens is 553 g/mol. The molecule has 0 spiro atoms. The molecule has 5 aromatic rings. The van der Waals surface area contributed by atoms with E-state index in [9.17, 15) is 10.5 Å². The van der Waals surface area contributed by atoms with Crippen LogP contribution in [0.3, 0.4) is 0 Å². The van der Waals surface area contributed by atoms with Gasteiger partial charge in [0.25, 0.3) is 0 Å². The average molecular weight is 565 g/mol. The summed E-state index contributed by atoms with van der Waals surface area (Å²) in [6, 6.07) is 28.2. The highest BCUT2D eigenvalue weighted by Crippen LogP contribution is 2.41. The summed E-state index contributed by atoms with van der Waals surface area (Å²) in [5, 5.41) is 37.3. The SMILES string of the molecule is N#C/C(=C\c1ccc(-c2ccc(-c3ccc(/C=C(\C#N)c4ccc(C#N)s4)s3)s2)s1)c1ccc(C#N)s1. The van der Waals surface area contributed by atoms with Gasteiger partial charge in [0.05, 0.1) is 11.1 Å². The van der Waals surface area contributed by atoms with Crippen molar-refractivity contribution in [3.8, 4) is 43.8 Å². The van der Waals surface area contributed by atoms with Crippen LogP contribution < -0.4 is 0 Å². The maximum absolute atomic E-state index is 9.60. The summed E-state index contributed by atoms with van der Waals surface area (Å²) in [4.78, 5) is 9.26. The molecule has 9 heteroatoms. The molecule has 0 saturated heterocycles. The Labute approximate surface area is 233 Å². The summed E-state index contributed by atoms with van der Waals surface area (Å²) < 4.78 is 0. The van der Waals surface area contributed by atoms with Crippen molar-refractivity contribution in [1.29, 1.82) is 21.0 Å². The van der Waals surface area contributed by atoms with Crippen LogP contribution in [-0.4, -0.2) is 0 Å². The Morgan fingerprint density at radius 3 is 1.27 bits per heavy atom. The molecule has 5 aromatic heterocycles. The van der Waals surface area contributed by atoms with Gasteiger partial charge in [-0.2, -0.15) is 21.0 Å². The van der Waals surface area contributed by atoms with Crippen molar-refractivity contribution in [1.82, 2.24) is 0 Å². The molecule has 0 aliphatic rings. The fourth-order valence-corrected chi connectivity index (χ4v) is 8.04. The zero-order valence-electron chi connectivity index (χ0n) is 18.8. The van der Waals surface area contributed by atoms with Gasteiger partial charge in [0.2, 0.25) is 0 Å². The number of thiophene rings is 5. The Bertz CT molecular complexity index is 1710. The minimum atomic E-state index is 0.550. The van der Waals surface area contributed by atoms with Gasteiger partial charge in [0, 0.05) is 39.0 Å². The average Bonchev–Trinajstić information content (AvgIpc) is 3.74. The van der Waals surface area contributed by atoms with E-state index in [0.29, 0.717) is 20.9 Å². The minimum Gasteiger partial charge on any atom is -0.192 e. The van der Waals surface area contributed by atoms with E-state index in [4.69, 9.17) is 10.5 Å². The fraction of sp³-hybridized carbons (Fsp3) is 0. The van der Waals surface area contributed by atoms with Crippen LogP contribution in [0.1, 0.15) is 29.3 Å². The van der Waals surface area contributed by atoms with Crippen molar-refractivity contribution in [3.05, 3.63) is 89.9 Å². The molecule has 0 amide bonds. The highest BCUT2D eigenvalue weighted by atomic mass is 32.1. The maximum Gasteiger partial charge on any atom is 0.110 e. The van der Waals surface area contributed by atoms with E-state index in [1.807, 2.05) is 36.4 Å². The summed E-state index contributed by atoms with van der Waals surface area (Å²) in [7, 11) is 0. The lowest BCUT2D eigenvalue weighted by molar-refractivity contribution is 1.52. The normalized spacial score (nSPS) is 11.5. The van der Waals surface area contributed by atoms with Crippen molar-refractivity contribution < 1.29 is 0 Å². The molecule has 0 bridgehead atoms. The molecule has 0 radical (unpaired) electrons. The molecule has 4 nitrogen and oxygen atoms in total. The third kappa shape index (κ3) is 5.38. The van der Waals surface area contributed by atoms with Gasteiger partial charge < -0.3 is 0 Å². The van der Waals surface area contributed by atoms with Crippen LogP contribution in [0, 0.1) is 45.3 Å². The highest BCUT2D eigenvalue weighted by molar-refractivity contribution is 7.26. The number of allylic oxidation sites excluding steroid dienone is 2. The number of rotatable bonds is 6. The van der Waals surface area contributed by atoms with E-state index in [1.54, 1.807) is 46.1 Å². The molecule has 0 saturated carbocycles. The molecule has 5 rings (SSSR count). The Morgan fingerprint density at radius 1 is 0.486 bits per heavy atom. The molecule has 0 aliphatic carbocycles. The van der Waals surface area contributed by atoms with E-state index in [1.165, 1.54) is 22.7 Å². The summed E-state index contributed by atoms with van der Waals surface area (Å²) in [6.45, 7) is 0. The Balaban J connectivity index is 1.36. The fourth-order valence-electron chi connectivity index (χ4n) is 3.42. The largest absolute Gasteiger partial charge is 0.192 e. The molecular formula is C28H12N4S5. The summed E-state index contributed by atoms with van der Waals surface area (Å²) >= 11 is 7.58. The third-order valence-electron chi connectivity index (χ3n) is 5.12. The first-order valence-electron chi connectivity index (χ1n) is 10.6. The topological polar surface area (TPSA) is 95.2 Å². The monoisotopic (exact) mass is 564 g/mol. The summed E-state index contributed by atoms with van der Waals surface area (Å²) in [6.07, 6.45) is 3.74. The third-order valence-corrected chi connectivity index (χ3v) is 10.7. The van der Waals surface area contributed by atoms with Gasteiger partial charge in [-0.05, 0) is 72.8 Å². The molecule has 0 aromatic carbocycles. The number of nitrogens with zero attached hydrogens (tertiary/aromatic N) is 4. The number of hydrogen-bond acceptors (Lipinski definition) is 9. The molecule has 5 heterocycles. The Hall–Kier alpha value is -4.06. The quantitative estimate of drug-likeness (QED) is 0.192. The van der Waals surface area contributed by atoms with Crippen molar-refractivity contribution >= 4 is 80.0 Å². The first-order valence-corrected chi connectivity index (χ1v) is 14.7. The van der Waals surface area contributed by atoms with E-state index < -0.39 is 0 Å². The van der Waals surface area contributed by atoms with Crippen molar-refractivity contribution in [2.75, 3.05) is 0 Å². The Morgan fingerprint density at radius 2 is 0.892 bits per heavy atom. The van der Waals surface area contributed by atoms with Gasteiger partial charge >= 0.3 is 0 Å². The molecule has 37 heavy (non-hydrogen) atoms. The second-order valence-corrected chi connectivity index (χ2v) is 12.9. The van der Waals surface area contributed by atoms with Gasteiger partial charge in [-0.1, -0.05) is 0 Å². The van der Waals surface area contributed by atoms with E-state index in [2.05, 4.69) is 48.5 Å². The van der Waals surface area contributed by atoms with Gasteiger partial charge in [-0.25, -0.2) is 0 Å².